The Morgan fingerprint density at radius 1 is 1.47 bits per heavy atom. The lowest BCUT2D eigenvalue weighted by molar-refractivity contribution is 0.0554. The second kappa shape index (κ2) is 5.49. The number of methoxy groups -OCH3 is 1. The van der Waals surface area contributed by atoms with Crippen molar-refractivity contribution in [2.75, 3.05) is 19.5 Å². The molecule has 0 spiro atoms. The van der Waals surface area contributed by atoms with Crippen molar-refractivity contribution in [1.82, 2.24) is 0 Å². The number of carbonyl (C=O) groups is 2. The van der Waals surface area contributed by atoms with E-state index in [1.165, 1.54) is 13.2 Å². The zero-order valence-corrected chi connectivity index (χ0v) is 10.4. The number of nitrogen functional groups attached to an aromatic ring is 1. The monoisotopic (exact) mass is 255 g/mol. The van der Waals surface area contributed by atoms with Gasteiger partial charge in [0.2, 0.25) is 0 Å². The van der Waals surface area contributed by atoms with E-state index >= 15 is 0 Å². The van der Waals surface area contributed by atoms with Crippen molar-refractivity contribution < 1.29 is 19.1 Å². The van der Waals surface area contributed by atoms with Crippen molar-refractivity contribution in [2.45, 2.75) is 6.92 Å². The fourth-order valence-corrected chi connectivity index (χ4v) is 2.24. The first-order valence-electron chi connectivity index (χ1n) is 4.78. The minimum Gasteiger partial charge on any atom is -0.465 e. The highest BCUT2D eigenvalue weighted by molar-refractivity contribution is 7.18. The number of anilines is 1. The number of carbonyl (C=O) groups excluding carboxylic acids is 2. The highest BCUT2D eigenvalue weighted by Gasteiger charge is 2.24. The maximum absolute atomic E-state index is 11.6. The van der Waals surface area contributed by atoms with Crippen LogP contribution in [0.3, 0.4) is 0 Å². The Morgan fingerprint density at radius 3 is 2.65 bits per heavy atom. The minimum absolute atomic E-state index is 0.115. The summed E-state index contributed by atoms with van der Waals surface area (Å²) in [4.78, 5) is 23.4. The number of hydrogen-bond donors (Lipinski definition) is 1. The summed E-state index contributed by atoms with van der Waals surface area (Å²) >= 11 is 1.01. The maximum atomic E-state index is 11.6. The van der Waals surface area contributed by atoms with Gasteiger partial charge in [0.05, 0.1) is 12.7 Å². The van der Waals surface area contributed by atoms with Gasteiger partial charge in [-0.1, -0.05) is 12.7 Å². The van der Waals surface area contributed by atoms with Crippen LogP contribution in [-0.4, -0.2) is 25.7 Å². The normalized spacial score (nSPS) is 9.76. The number of hydrogen-bond acceptors (Lipinski definition) is 6. The molecule has 2 N–H and O–H groups in total. The lowest BCUT2D eigenvalue weighted by atomic mass is 10.1. The summed E-state index contributed by atoms with van der Waals surface area (Å²) in [6.07, 6.45) is 1.46. The number of esters is 2. The number of nitrogens with two attached hydrogens (primary N) is 1. The number of ether oxygens (including phenoxy) is 2. The summed E-state index contributed by atoms with van der Waals surface area (Å²) < 4.78 is 9.48. The van der Waals surface area contributed by atoms with Crippen LogP contribution in [0.2, 0.25) is 0 Å². The largest absolute Gasteiger partial charge is 0.465 e. The van der Waals surface area contributed by atoms with Crippen molar-refractivity contribution >= 4 is 28.3 Å². The Labute approximate surface area is 103 Å². The van der Waals surface area contributed by atoms with E-state index in [0.717, 1.165) is 11.3 Å². The van der Waals surface area contributed by atoms with E-state index in [0.29, 0.717) is 10.4 Å². The fourth-order valence-electron chi connectivity index (χ4n) is 1.29. The van der Waals surface area contributed by atoms with E-state index in [1.54, 1.807) is 6.92 Å². The van der Waals surface area contributed by atoms with Gasteiger partial charge in [-0.25, -0.2) is 9.59 Å². The Kier molecular flexibility index (Phi) is 4.28. The molecule has 17 heavy (non-hydrogen) atoms. The highest BCUT2D eigenvalue weighted by Crippen LogP contribution is 2.31. The summed E-state index contributed by atoms with van der Waals surface area (Å²) in [5.41, 5.74) is 6.38. The molecule has 1 rings (SSSR count). The van der Waals surface area contributed by atoms with Crippen LogP contribution in [0.5, 0.6) is 0 Å². The Hall–Kier alpha value is -1.82. The molecule has 1 aromatic heterocycles. The lowest BCUT2D eigenvalue weighted by Gasteiger charge is -2.01. The molecule has 1 aromatic rings. The molecule has 0 bridgehead atoms. The molecule has 0 saturated carbocycles. The molecule has 0 radical (unpaired) electrons. The summed E-state index contributed by atoms with van der Waals surface area (Å²) in [6, 6.07) is 0. The van der Waals surface area contributed by atoms with Crippen molar-refractivity contribution in [3.63, 3.8) is 0 Å². The van der Waals surface area contributed by atoms with Crippen molar-refractivity contribution in [1.29, 1.82) is 0 Å². The molecule has 1 heterocycles. The lowest BCUT2D eigenvalue weighted by Crippen LogP contribution is -2.07. The van der Waals surface area contributed by atoms with Crippen LogP contribution in [0.4, 0.5) is 5.00 Å². The second-order valence-electron chi connectivity index (χ2n) is 3.17. The van der Waals surface area contributed by atoms with Gasteiger partial charge in [-0.3, -0.25) is 0 Å². The molecule has 92 valence electrons. The van der Waals surface area contributed by atoms with E-state index in [2.05, 4.69) is 11.3 Å². The molecule has 0 fully saturated rings. The number of thiophene rings is 1. The van der Waals surface area contributed by atoms with E-state index in [-0.39, 0.29) is 17.2 Å². The van der Waals surface area contributed by atoms with Crippen molar-refractivity contribution in [3.05, 3.63) is 28.7 Å². The van der Waals surface area contributed by atoms with Gasteiger partial charge in [-0.15, -0.1) is 11.3 Å². The van der Waals surface area contributed by atoms with Gasteiger partial charge in [0, 0.05) is 0 Å². The van der Waals surface area contributed by atoms with E-state index < -0.39 is 11.9 Å². The molecule has 0 aliphatic rings. The standard InChI is InChI=1S/C11H13NO4S/c1-4-5-16-11(14)8-6(2)7(9(12)17-8)10(13)15-3/h4H,1,5,12H2,2-3H3. The molecule has 0 aromatic carbocycles. The van der Waals surface area contributed by atoms with Crippen LogP contribution in [-0.2, 0) is 9.47 Å². The van der Waals surface area contributed by atoms with Crippen LogP contribution in [0.15, 0.2) is 12.7 Å². The first-order chi connectivity index (χ1) is 8.02. The summed E-state index contributed by atoms with van der Waals surface area (Å²) in [5, 5.41) is 0.250. The third-order valence-electron chi connectivity index (χ3n) is 2.08. The molecule has 0 amide bonds. The van der Waals surface area contributed by atoms with E-state index in [9.17, 15) is 9.59 Å². The maximum Gasteiger partial charge on any atom is 0.348 e. The van der Waals surface area contributed by atoms with Gasteiger partial charge in [0.1, 0.15) is 16.5 Å². The first kappa shape index (κ1) is 13.2. The van der Waals surface area contributed by atoms with Gasteiger partial charge in [-0.2, -0.15) is 0 Å². The van der Waals surface area contributed by atoms with Crippen LogP contribution >= 0.6 is 11.3 Å². The van der Waals surface area contributed by atoms with Crippen LogP contribution < -0.4 is 5.73 Å². The zero-order valence-electron chi connectivity index (χ0n) is 9.61. The molecule has 0 atom stereocenters. The molecule has 0 aliphatic heterocycles. The van der Waals surface area contributed by atoms with E-state index in [4.69, 9.17) is 10.5 Å². The average Bonchev–Trinajstić information content (AvgIpc) is 2.61. The molecule has 0 unspecified atom stereocenters. The third kappa shape index (κ3) is 2.65. The Bertz CT molecular complexity index is 464. The fraction of sp³-hybridized carbons (Fsp3) is 0.273. The van der Waals surface area contributed by atoms with Crippen LogP contribution in [0, 0.1) is 6.92 Å². The first-order valence-corrected chi connectivity index (χ1v) is 5.59. The summed E-state index contributed by atoms with van der Waals surface area (Å²) in [5.74, 6) is -1.08. The van der Waals surface area contributed by atoms with Crippen molar-refractivity contribution in [2.24, 2.45) is 0 Å². The quantitative estimate of drug-likeness (QED) is 0.655. The predicted octanol–water partition coefficient (Wildman–Crippen LogP) is 1.77. The van der Waals surface area contributed by atoms with Gasteiger partial charge >= 0.3 is 11.9 Å². The molecular formula is C11H13NO4S. The third-order valence-corrected chi connectivity index (χ3v) is 3.18. The molecular weight excluding hydrogens is 242 g/mol. The smallest absolute Gasteiger partial charge is 0.348 e. The minimum atomic E-state index is -0.556. The SMILES string of the molecule is C=CCOC(=O)c1sc(N)c(C(=O)OC)c1C. The summed E-state index contributed by atoms with van der Waals surface area (Å²) in [6.45, 7) is 5.18. The average molecular weight is 255 g/mol. The van der Waals surface area contributed by atoms with Crippen LogP contribution in [0.25, 0.3) is 0 Å². The topological polar surface area (TPSA) is 78.6 Å². The molecule has 0 aliphatic carbocycles. The zero-order chi connectivity index (χ0) is 13.0. The number of rotatable bonds is 4. The Morgan fingerprint density at radius 2 is 2.12 bits per heavy atom. The van der Waals surface area contributed by atoms with Crippen LogP contribution in [0.1, 0.15) is 25.6 Å². The highest BCUT2D eigenvalue weighted by atomic mass is 32.1. The van der Waals surface area contributed by atoms with E-state index in [1.807, 2.05) is 0 Å². The van der Waals surface area contributed by atoms with Gasteiger partial charge in [0.15, 0.2) is 0 Å². The van der Waals surface area contributed by atoms with Gasteiger partial charge < -0.3 is 15.2 Å². The van der Waals surface area contributed by atoms with Gasteiger partial charge in [-0.05, 0) is 12.5 Å². The predicted molar refractivity (Wildman–Crippen MR) is 65.3 cm³/mol. The molecule has 5 nitrogen and oxygen atoms in total. The summed E-state index contributed by atoms with van der Waals surface area (Å²) in [7, 11) is 1.26. The Balaban J connectivity index is 3.07. The van der Waals surface area contributed by atoms with Crippen molar-refractivity contribution in [3.8, 4) is 0 Å². The van der Waals surface area contributed by atoms with Gasteiger partial charge in [0.25, 0.3) is 0 Å². The second-order valence-corrected chi connectivity index (χ2v) is 4.23. The molecule has 6 heteroatoms. The molecule has 0 saturated heterocycles.